The van der Waals surface area contributed by atoms with Gasteiger partial charge < -0.3 is 39.9 Å². The average Bonchev–Trinajstić information content (AvgIpc) is 3.33. The molecule has 1 aliphatic carbocycles. The molecule has 0 bridgehead atoms. The van der Waals surface area contributed by atoms with Gasteiger partial charge in [0.1, 0.15) is 43.2 Å². The monoisotopic (exact) mass is 999 g/mol. The van der Waals surface area contributed by atoms with Crippen molar-refractivity contribution in [3.63, 3.8) is 0 Å². The van der Waals surface area contributed by atoms with Gasteiger partial charge in [0, 0.05) is 12.8 Å². The number of ether oxygens (including phenoxy) is 2. The quantitative estimate of drug-likeness (QED) is 0.0145. The third-order valence-corrected chi connectivity index (χ3v) is 13.6. The summed E-state index contributed by atoms with van der Waals surface area (Å²) in [4.78, 5) is 35.9. The van der Waals surface area contributed by atoms with Crippen molar-refractivity contribution in [2.45, 2.75) is 275 Å². The van der Waals surface area contributed by atoms with Crippen molar-refractivity contribution >= 4 is 19.8 Å². The molecular weight excluding hydrogens is 900 g/mol. The fourth-order valence-corrected chi connectivity index (χ4v) is 9.20. The molecule has 69 heavy (non-hydrogen) atoms. The summed E-state index contributed by atoms with van der Waals surface area (Å²) in [7, 11) is -5.13. The second-order valence-electron chi connectivity index (χ2n) is 19.1. The SMILES string of the molecule is CCCCC/C=C\C/C=C\C/C=C\CCCCCCCCC(=O)OC(COC(=O)CCCCCCCCCCC/C=C\CCCCCCCCCC)COP(=O)(O)OC1C(O)C(O)C(O)C(O)C1O. The Morgan fingerprint density at radius 2 is 0.783 bits per heavy atom. The van der Waals surface area contributed by atoms with E-state index in [1.165, 1.54) is 109 Å². The average molecular weight is 999 g/mol. The molecule has 13 nitrogen and oxygen atoms in total. The van der Waals surface area contributed by atoms with Crippen LogP contribution >= 0.6 is 7.82 Å². The van der Waals surface area contributed by atoms with Crippen LogP contribution < -0.4 is 0 Å². The molecule has 1 aliphatic rings. The van der Waals surface area contributed by atoms with Gasteiger partial charge in [-0.1, -0.05) is 191 Å². The molecule has 6 unspecified atom stereocenters. The summed E-state index contributed by atoms with van der Waals surface area (Å²) < 4.78 is 33.7. The van der Waals surface area contributed by atoms with E-state index in [4.69, 9.17) is 18.5 Å². The molecule has 0 aliphatic heterocycles. The van der Waals surface area contributed by atoms with Crippen LogP contribution in [0.5, 0.6) is 0 Å². The number of carbonyl (C=O) groups excluding carboxylic acids is 2. The first-order chi connectivity index (χ1) is 33.4. The largest absolute Gasteiger partial charge is 0.472 e. The van der Waals surface area contributed by atoms with Crippen LogP contribution in [-0.4, -0.2) is 98.3 Å². The van der Waals surface area contributed by atoms with Gasteiger partial charge in [-0.15, -0.1) is 0 Å². The normalized spacial score (nSPS) is 21.2. The van der Waals surface area contributed by atoms with Gasteiger partial charge in [0.05, 0.1) is 6.61 Å². The van der Waals surface area contributed by atoms with Crippen LogP contribution in [0, 0.1) is 0 Å². The van der Waals surface area contributed by atoms with E-state index in [9.17, 15) is 44.6 Å². The van der Waals surface area contributed by atoms with Gasteiger partial charge in [-0.3, -0.25) is 18.6 Å². The molecule has 0 heterocycles. The molecule has 0 spiro atoms. The van der Waals surface area contributed by atoms with E-state index < -0.39 is 75.7 Å². The minimum Gasteiger partial charge on any atom is -0.462 e. The molecule has 1 saturated carbocycles. The summed E-state index contributed by atoms with van der Waals surface area (Å²) in [6, 6.07) is 0. The molecule has 6 atom stereocenters. The Kier molecular flexibility index (Phi) is 41.8. The number of allylic oxidation sites excluding steroid dienone is 8. The van der Waals surface area contributed by atoms with E-state index in [2.05, 4.69) is 62.5 Å². The predicted octanol–water partition coefficient (Wildman–Crippen LogP) is 12.3. The topological polar surface area (TPSA) is 210 Å². The van der Waals surface area contributed by atoms with Crippen LogP contribution in [0.2, 0.25) is 0 Å². The van der Waals surface area contributed by atoms with Crippen molar-refractivity contribution < 1.29 is 63.1 Å². The Bertz CT molecular complexity index is 1390. The second kappa shape index (κ2) is 44.5. The van der Waals surface area contributed by atoms with Crippen LogP contribution in [0.4, 0.5) is 0 Å². The molecule has 0 saturated heterocycles. The minimum atomic E-state index is -5.13. The van der Waals surface area contributed by atoms with Crippen LogP contribution in [0.15, 0.2) is 48.6 Å². The lowest BCUT2D eigenvalue weighted by atomic mass is 9.85. The number of esters is 2. The molecule has 0 amide bonds. The van der Waals surface area contributed by atoms with Crippen molar-refractivity contribution in [2.24, 2.45) is 0 Å². The lowest BCUT2D eigenvalue weighted by Gasteiger charge is -2.41. The van der Waals surface area contributed by atoms with E-state index in [1.807, 2.05) is 0 Å². The van der Waals surface area contributed by atoms with E-state index in [1.54, 1.807) is 0 Å². The summed E-state index contributed by atoms with van der Waals surface area (Å²) in [5, 5.41) is 50.3. The molecule has 0 aromatic carbocycles. The van der Waals surface area contributed by atoms with Crippen LogP contribution in [0.3, 0.4) is 0 Å². The highest BCUT2D eigenvalue weighted by Gasteiger charge is 2.51. The number of hydrogen-bond acceptors (Lipinski definition) is 12. The maximum Gasteiger partial charge on any atom is 0.472 e. The van der Waals surface area contributed by atoms with Crippen LogP contribution in [0.25, 0.3) is 0 Å². The van der Waals surface area contributed by atoms with Gasteiger partial charge in [0.2, 0.25) is 0 Å². The zero-order chi connectivity index (χ0) is 50.6. The summed E-state index contributed by atoms with van der Waals surface area (Å²) in [5.74, 6) is -1.11. The van der Waals surface area contributed by atoms with Crippen molar-refractivity contribution in [2.75, 3.05) is 13.2 Å². The number of phosphoric ester groups is 1. The fourth-order valence-electron chi connectivity index (χ4n) is 8.23. The van der Waals surface area contributed by atoms with Crippen molar-refractivity contribution in [1.29, 1.82) is 0 Å². The third-order valence-electron chi connectivity index (χ3n) is 12.6. The van der Waals surface area contributed by atoms with Crippen LogP contribution in [-0.2, 0) is 32.7 Å². The van der Waals surface area contributed by atoms with Gasteiger partial charge in [-0.05, 0) is 77.0 Å². The van der Waals surface area contributed by atoms with Gasteiger partial charge in [0.15, 0.2) is 6.10 Å². The molecule has 6 N–H and O–H groups in total. The van der Waals surface area contributed by atoms with Gasteiger partial charge in [-0.2, -0.15) is 0 Å². The van der Waals surface area contributed by atoms with Crippen molar-refractivity contribution in [1.82, 2.24) is 0 Å². The first kappa shape index (κ1) is 64.8. The number of rotatable bonds is 46. The predicted molar refractivity (Wildman–Crippen MR) is 276 cm³/mol. The first-order valence-electron chi connectivity index (χ1n) is 27.4. The summed E-state index contributed by atoms with van der Waals surface area (Å²) in [6.45, 7) is 3.29. The first-order valence-corrected chi connectivity index (χ1v) is 28.9. The molecule has 0 radical (unpaired) electrons. The lowest BCUT2D eigenvalue weighted by molar-refractivity contribution is -0.220. The maximum atomic E-state index is 12.9. The van der Waals surface area contributed by atoms with Crippen molar-refractivity contribution in [3.05, 3.63) is 48.6 Å². The van der Waals surface area contributed by atoms with Crippen LogP contribution in [0.1, 0.15) is 232 Å². The minimum absolute atomic E-state index is 0.0813. The Balaban J connectivity index is 2.38. The Morgan fingerprint density at radius 1 is 0.449 bits per heavy atom. The Labute approximate surface area is 418 Å². The highest BCUT2D eigenvalue weighted by Crippen LogP contribution is 2.47. The molecule has 0 aromatic heterocycles. The number of aliphatic hydroxyl groups excluding tert-OH is 5. The second-order valence-corrected chi connectivity index (χ2v) is 20.5. The molecule has 0 aromatic rings. The van der Waals surface area contributed by atoms with Gasteiger partial charge >= 0.3 is 19.8 Å². The number of hydrogen-bond donors (Lipinski definition) is 6. The summed E-state index contributed by atoms with van der Waals surface area (Å²) >= 11 is 0. The Morgan fingerprint density at radius 3 is 1.23 bits per heavy atom. The highest BCUT2D eigenvalue weighted by atomic mass is 31.2. The summed E-state index contributed by atoms with van der Waals surface area (Å²) in [6.07, 6.45) is 41.5. The molecule has 1 fully saturated rings. The zero-order valence-corrected chi connectivity index (χ0v) is 44.0. The molecular formula is C55H99O13P. The fraction of sp³-hybridized carbons (Fsp3) is 0.818. The molecule has 14 heteroatoms. The summed E-state index contributed by atoms with van der Waals surface area (Å²) in [5.41, 5.74) is 0. The molecule has 402 valence electrons. The number of unbranched alkanes of at least 4 members (excludes halogenated alkanes) is 26. The van der Waals surface area contributed by atoms with Gasteiger partial charge in [-0.25, -0.2) is 4.57 Å². The van der Waals surface area contributed by atoms with E-state index in [-0.39, 0.29) is 12.8 Å². The Hall–Kier alpha value is -2.19. The number of phosphoric acid groups is 1. The lowest BCUT2D eigenvalue weighted by Crippen LogP contribution is -2.64. The highest BCUT2D eigenvalue weighted by molar-refractivity contribution is 7.47. The van der Waals surface area contributed by atoms with E-state index in [0.29, 0.717) is 12.8 Å². The van der Waals surface area contributed by atoms with E-state index >= 15 is 0 Å². The zero-order valence-electron chi connectivity index (χ0n) is 43.1. The number of aliphatic hydroxyl groups is 5. The standard InChI is InChI=1S/C55H99O13P/c1-3-5-7-9-11-13-15-17-19-21-23-24-26-27-29-31-33-35-37-39-41-43-48(56)65-45-47(46-66-69(63,64)68-55-53(61)51(59)50(58)52(60)54(55)62)67-49(57)44-42-40-38-36-34-32-30-28-25-22-20-18-16-14-12-10-8-6-4-2/h12,14,18,20-21,23,25,28,47,50-55,58-62H,3-11,13,15-17,19,22,24,26-27,29-46H2,1-2H3,(H,63,64)/b14-12-,20-18-,23-21-,28-25-. The van der Waals surface area contributed by atoms with E-state index in [0.717, 1.165) is 83.5 Å². The maximum absolute atomic E-state index is 12.9. The number of carbonyl (C=O) groups is 2. The third kappa shape index (κ3) is 36.4. The molecule has 1 rings (SSSR count). The smallest absolute Gasteiger partial charge is 0.462 e. The van der Waals surface area contributed by atoms with Gasteiger partial charge in [0.25, 0.3) is 0 Å². The van der Waals surface area contributed by atoms with Crippen molar-refractivity contribution in [3.8, 4) is 0 Å².